The second kappa shape index (κ2) is 4.46. The van der Waals surface area contributed by atoms with Gasteiger partial charge in [0.1, 0.15) is 18.0 Å². The normalized spacial score (nSPS) is 9.87. The number of nitrogens with zero attached hydrogens (tertiary/aromatic N) is 2. The molecule has 3 nitrogen and oxygen atoms in total. The topological polar surface area (TPSA) is 27.1 Å². The molecule has 15 heavy (non-hydrogen) atoms. The van der Waals surface area contributed by atoms with E-state index < -0.39 is 0 Å². The maximum atomic E-state index is 5.53. The molecule has 0 saturated heterocycles. The maximum absolute atomic E-state index is 5.53. The Hall–Kier alpha value is -2.03. The Balaban J connectivity index is 2.34. The number of ether oxygens (including phenoxy) is 1. The van der Waals surface area contributed by atoms with Crippen LogP contribution in [0.5, 0.6) is 5.75 Å². The Bertz CT molecular complexity index is 435. The fraction of sp³-hybridized carbons (Fsp3) is 0.0833. The van der Waals surface area contributed by atoms with Gasteiger partial charge in [0, 0.05) is 12.4 Å². The summed E-state index contributed by atoms with van der Waals surface area (Å²) in [6.07, 6.45) is 5.35. The Kier molecular flexibility index (Phi) is 2.83. The van der Waals surface area contributed by atoms with Crippen molar-refractivity contribution in [3.05, 3.63) is 55.4 Å². The minimum absolute atomic E-state index is 0.498. The van der Waals surface area contributed by atoms with Crippen molar-refractivity contribution in [1.82, 2.24) is 9.78 Å². The zero-order chi connectivity index (χ0) is 10.5. The number of para-hydroxylation sites is 2. The molecule has 1 heterocycles. The summed E-state index contributed by atoms with van der Waals surface area (Å²) < 4.78 is 7.31. The molecule has 0 bridgehead atoms. The van der Waals surface area contributed by atoms with Crippen molar-refractivity contribution < 1.29 is 4.74 Å². The van der Waals surface area contributed by atoms with Gasteiger partial charge in [-0.05, 0) is 18.2 Å². The van der Waals surface area contributed by atoms with E-state index in [2.05, 4.69) is 11.7 Å². The van der Waals surface area contributed by atoms with Crippen LogP contribution in [0.1, 0.15) is 0 Å². The van der Waals surface area contributed by atoms with E-state index in [9.17, 15) is 0 Å². The van der Waals surface area contributed by atoms with Crippen LogP contribution in [0, 0.1) is 0 Å². The van der Waals surface area contributed by atoms with Crippen molar-refractivity contribution in [2.45, 2.75) is 0 Å². The van der Waals surface area contributed by atoms with Crippen LogP contribution < -0.4 is 4.74 Å². The van der Waals surface area contributed by atoms with E-state index in [4.69, 9.17) is 4.74 Å². The third kappa shape index (κ3) is 2.07. The molecule has 0 atom stereocenters. The molecule has 0 unspecified atom stereocenters. The number of hydrogen-bond donors (Lipinski definition) is 0. The molecule has 76 valence electrons. The summed E-state index contributed by atoms with van der Waals surface area (Å²) in [5.74, 6) is 0.807. The summed E-state index contributed by atoms with van der Waals surface area (Å²) in [6, 6.07) is 9.65. The fourth-order valence-electron chi connectivity index (χ4n) is 1.33. The van der Waals surface area contributed by atoms with Crippen LogP contribution in [0.3, 0.4) is 0 Å². The second-order valence-electron chi connectivity index (χ2n) is 3.02. The van der Waals surface area contributed by atoms with Crippen LogP contribution in [0.25, 0.3) is 5.69 Å². The van der Waals surface area contributed by atoms with E-state index in [-0.39, 0.29) is 0 Å². The first-order chi connectivity index (χ1) is 7.42. The third-order valence-electron chi connectivity index (χ3n) is 1.97. The van der Waals surface area contributed by atoms with Gasteiger partial charge in [0.05, 0.1) is 0 Å². The smallest absolute Gasteiger partial charge is 0.145 e. The van der Waals surface area contributed by atoms with Gasteiger partial charge in [-0.1, -0.05) is 24.8 Å². The zero-order valence-corrected chi connectivity index (χ0v) is 8.34. The van der Waals surface area contributed by atoms with Gasteiger partial charge in [-0.2, -0.15) is 5.10 Å². The molecule has 0 N–H and O–H groups in total. The van der Waals surface area contributed by atoms with Crippen molar-refractivity contribution in [1.29, 1.82) is 0 Å². The first-order valence-electron chi connectivity index (χ1n) is 4.74. The Morgan fingerprint density at radius 1 is 1.33 bits per heavy atom. The van der Waals surface area contributed by atoms with E-state index in [0.29, 0.717) is 6.61 Å². The Morgan fingerprint density at radius 2 is 2.20 bits per heavy atom. The van der Waals surface area contributed by atoms with Crippen molar-refractivity contribution >= 4 is 0 Å². The van der Waals surface area contributed by atoms with Crippen LogP contribution in [0.4, 0.5) is 0 Å². The lowest BCUT2D eigenvalue weighted by atomic mass is 10.3. The van der Waals surface area contributed by atoms with Gasteiger partial charge < -0.3 is 4.74 Å². The van der Waals surface area contributed by atoms with Crippen LogP contribution in [-0.4, -0.2) is 16.4 Å². The number of aromatic nitrogens is 2. The largest absolute Gasteiger partial charge is 0.487 e. The summed E-state index contributed by atoms with van der Waals surface area (Å²) >= 11 is 0. The molecule has 0 radical (unpaired) electrons. The third-order valence-corrected chi connectivity index (χ3v) is 1.97. The highest BCUT2D eigenvalue weighted by atomic mass is 16.5. The van der Waals surface area contributed by atoms with E-state index in [0.717, 1.165) is 11.4 Å². The first kappa shape index (κ1) is 9.52. The van der Waals surface area contributed by atoms with Gasteiger partial charge in [0.25, 0.3) is 0 Å². The Labute approximate surface area is 88.6 Å². The average molecular weight is 200 g/mol. The lowest BCUT2D eigenvalue weighted by Gasteiger charge is -2.09. The lowest BCUT2D eigenvalue weighted by molar-refractivity contribution is 0.361. The second-order valence-corrected chi connectivity index (χ2v) is 3.02. The molecule has 0 amide bonds. The van der Waals surface area contributed by atoms with E-state index in [1.807, 2.05) is 36.5 Å². The average Bonchev–Trinajstić information content (AvgIpc) is 2.80. The molecule has 0 aliphatic carbocycles. The number of hydrogen-bond acceptors (Lipinski definition) is 2. The number of benzene rings is 1. The molecular formula is C12H12N2O. The highest BCUT2D eigenvalue weighted by molar-refractivity contribution is 5.45. The SMILES string of the molecule is C=CCOc1ccccc1-n1cccn1. The van der Waals surface area contributed by atoms with Gasteiger partial charge in [-0.3, -0.25) is 0 Å². The molecule has 1 aromatic heterocycles. The minimum atomic E-state index is 0.498. The standard InChI is InChI=1S/C12H12N2O/c1-2-10-15-12-7-4-3-6-11(12)14-9-5-8-13-14/h2-9H,1,10H2. The highest BCUT2D eigenvalue weighted by Crippen LogP contribution is 2.21. The molecular weight excluding hydrogens is 188 g/mol. The number of rotatable bonds is 4. The van der Waals surface area contributed by atoms with E-state index >= 15 is 0 Å². The summed E-state index contributed by atoms with van der Waals surface area (Å²) in [4.78, 5) is 0. The van der Waals surface area contributed by atoms with Crippen molar-refractivity contribution in [2.24, 2.45) is 0 Å². The highest BCUT2D eigenvalue weighted by Gasteiger charge is 2.03. The Morgan fingerprint density at radius 3 is 2.93 bits per heavy atom. The van der Waals surface area contributed by atoms with Gasteiger partial charge in [0.15, 0.2) is 0 Å². The van der Waals surface area contributed by atoms with Crippen molar-refractivity contribution in [2.75, 3.05) is 6.61 Å². The maximum Gasteiger partial charge on any atom is 0.145 e. The predicted molar refractivity (Wildman–Crippen MR) is 59.3 cm³/mol. The molecule has 1 aromatic carbocycles. The summed E-state index contributed by atoms with van der Waals surface area (Å²) in [6.45, 7) is 4.12. The predicted octanol–water partition coefficient (Wildman–Crippen LogP) is 2.44. The zero-order valence-electron chi connectivity index (χ0n) is 8.34. The van der Waals surface area contributed by atoms with Gasteiger partial charge in [-0.15, -0.1) is 0 Å². The van der Waals surface area contributed by atoms with Crippen LogP contribution >= 0.6 is 0 Å². The molecule has 0 spiro atoms. The summed E-state index contributed by atoms with van der Waals surface area (Å²) in [7, 11) is 0. The molecule has 2 aromatic rings. The molecule has 3 heteroatoms. The monoisotopic (exact) mass is 200 g/mol. The van der Waals surface area contributed by atoms with E-state index in [1.54, 1.807) is 17.0 Å². The molecule has 2 rings (SSSR count). The lowest BCUT2D eigenvalue weighted by Crippen LogP contribution is -2.00. The van der Waals surface area contributed by atoms with Crippen molar-refractivity contribution in [3.63, 3.8) is 0 Å². The van der Waals surface area contributed by atoms with Gasteiger partial charge >= 0.3 is 0 Å². The molecule has 0 saturated carbocycles. The van der Waals surface area contributed by atoms with Gasteiger partial charge in [0.2, 0.25) is 0 Å². The quantitative estimate of drug-likeness (QED) is 0.709. The van der Waals surface area contributed by atoms with Crippen LogP contribution in [0.2, 0.25) is 0 Å². The first-order valence-corrected chi connectivity index (χ1v) is 4.74. The molecule has 0 aliphatic heterocycles. The summed E-state index contributed by atoms with van der Waals surface area (Å²) in [5.41, 5.74) is 0.935. The molecule has 0 fully saturated rings. The minimum Gasteiger partial charge on any atom is -0.487 e. The van der Waals surface area contributed by atoms with E-state index in [1.165, 1.54) is 0 Å². The van der Waals surface area contributed by atoms with Crippen LogP contribution in [0.15, 0.2) is 55.4 Å². The summed E-state index contributed by atoms with van der Waals surface area (Å²) in [5, 5.41) is 4.17. The van der Waals surface area contributed by atoms with Crippen LogP contribution in [-0.2, 0) is 0 Å². The van der Waals surface area contributed by atoms with Crippen molar-refractivity contribution in [3.8, 4) is 11.4 Å². The molecule has 0 aliphatic rings. The fourth-order valence-corrected chi connectivity index (χ4v) is 1.33. The van der Waals surface area contributed by atoms with Gasteiger partial charge in [-0.25, -0.2) is 4.68 Å².